The number of carbonyl (C=O) groups excluding carboxylic acids is 1. The Balaban J connectivity index is 1.69. The van der Waals surface area contributed by atoms with E-state index in [0.29, 0.717) is 28.0 Å². The van der Waals surface area contributed by atoms with E-state index in [1.54, 1.807) is 22.8 Å². The first kappa shape index (κ1) is 19.3. The fourth-order valence-corrected chi connectivity index (χ4v) is 3.63. The third kappa shape index (κ3) is 3.80. The summed E-state index contributed by atoms with van der Waals surface area (Å²) in [4.78, 5) is 30.0. The molecule has 6 heteroatoms. The van der Waals surface area contributed by atoms with Crippen LogP contribution in [-0.2, 0) is 0 Å². The third-order valence-corrected chi connectivity index (χ3v) is 5.49. The van der Waals surface area contributed by atoms with Crippen LogP contribution < -0.4 is 10.9 Å². The summed E-state index contributed by atoms with van der Waals surface area (Å²) in [6.07, 6.45) is 0. The fourth-order valence-electron chi connectivity index (χ4n) is 3.27. The number of benzene rings is 3. The van der Waals surface area contributed by atoms with E-state index in [2.05, 4.69) is 32.9 Å². The molecule has 0 bridgehead atoms. The van der Waals surface area contributed by atoms with Crippen LogP contribution in [0.5, 0.6) is 0 Å². The molecule has 0 aliphatic heterocycles. The second kappa shape index (κ2) is 7.79. The zero-order valence-electron chi connectivity index (χ0n) is 15.9. The number of aromatic nitrogens is 2. The number of nitrogens with one attached hydrogen (secondary N) is 1. The quantitative estimate of drug-likeness (QED) is 0.413. The predicted molar refractivity (Wildman–Crippen MR) is 124 cm³/mol. The number of para-hydroxylation sites is 1. The van der Waals surface area contributed by atoms with Crippen molar-refractivity contribution in [2.45, 2.75) is 13.8 Å². The van der Waals surface area contributed by atoms with Gasteiger partial charge in [0, 0.05) is 14.8 Å². The smallest absolute Gasteiger partial charge is 0.265 e. The molecule has 1 aromatic heterocycles. The Morgan fingerprint density at radius 3 is 2.45 bits per heavy atom. The molecule has 1 amide bonds. The van der Waals surface area contributed by atoms with E-state index in [1.165, 1.54) is 0 Å². The maximum absolute atomic E-state index is 13.0. The number of nitrogens with zero attached hydrogens (tertiary/aromatic N) is 2. The van der Waals surface area contributed by atoms with Crippen molar-refractivity contribution < 1.29 is 4.79 Å². The number of amides is 1. The number of fused-ring (bicyclic) bond motifs is 1. The highest BCUT2D eigenvalue weighted by Gasteiger charge is 2.12. The van der Waals surface area contributed by atoms with Crippen LogP contribution in [0.3, 0.4) is 0 Å². The first-order chi connectivity index (χ1) is 13.9. The minimum atomic E-state index is -0.169. The van der Waals surface area contributed by atoms with Gasteiger partial charge in [0.2, 0.25) is 0 Å². The molecule has 0 aliphatic rings. The number of rotatable bonds is 3. The average Bonchev–Trinajstić information content (AvgIpc) is 2.70. The Kier molecular flexibility index (Phi) is 5.19. The third-order valence-electron chi connectivity index (χ3n) is 4.77. The van der Waals surface area contributed by atoms with Crippen molar-refractivity contribution in [3.8, 4) is 5.69 Å². The van der Waals surface area contributed by atoms with Gasteiger partial charge in [-0.2, -0.15) is 0 Å². The van der Waals surface area contributed by atoms with Crippen LogP contribution in [0.1, 0.15) is 21.7 Å². The zero-order chi connectivity index (χ0) is 20.5. The van der Waals surface area contributed by atoms with Crippen molar-refractivity contribution >= 4 is 45.1 Å². The monoisotopic (exact) mass is 495 g/mol. The van der Waals surface area contributed by atoms with E-state index in [1.807, 2.05) is 62.4 Å². The van der Waals surface area contributed by atoms with Crippen LogP contribution >= 0.6 is 22.6 Å². The Labute approximate surface area is 181 Å². The summed E-state index contributed by atoms with van der Waals surface area (Å²) < 4.78 is 2.67. The molecule has 0 saturated carbocycles. The van der Waals surface area contributed by atoms with Gasteiger partial charge in [0.15, 0.2) is 0 Å². The molecule has 4 aromatic rings. The summed E-state index contributed by atoms with van der Waals surface area (Å²) in [5.74, 6) is 0.446. The molecular weight excluding hydrogens is 477 g/mol. The Morgan fingerprint density at radius 1 is 1.00 bits per heavy atom. The van der Waals surface area contributed by atoms with Crippen LogP contribution in [0.2, 0.25) is 0 Å². The predicted octanol–water partition coefficient (Wildman–Crippen LogP) is 4.86. The zero-order valence-corrected chi connectivity index (χ0v) is 18.1. The van der Waals surface area contributed by atoms with Gasteiger partial charge in [-0.1, -0.05) is 12.1 Å². The minimum Gasteiger partial charge on any atom is -0.322 e. The van der Waals surface area contributed by atoms with E-state index in [9.17, 15) is 9.59 Å². The van der Waals surface area contributed by atoms with Crippen molar-refractivity contribution in [3.63, 3.8) is 0 Å². The molecule has 0 spiro atoms. The summed E-state index contributed by atoms with van der Waals surface area (Å²) >= 11 is 2.20. The molecule has 0 atom stereocenters. The summed E-state index contributed by atoms with van der Waals surface area (Å²) in [6.45, 7) is 3.72. The first-order valence-electron chi connectivity index (χ1n) is 9.10. The molecule has 1 N–H and O–H groups in total. The van der Waals surface area contributed by atoms with Gasteiger partial charge < -0.3 is 5.32 Å². The van der Waals surface area contributed by atoms with Gasteiger partial charge in [0.1, 0.15) is 5.82 Å². The van der Waals surface area contributed by atoms with E-state index in [4.69, 9.17) is 0 Å². The van der Waals surface area contributed by atoms with Crippen molar-refractivity contribution in [1.82, 2.24) is 9.55 Å². The van der Waals surface area contributed by atoms with Gasteiger partial charge in [-0.15, -0.1) is 0 Å². The van der Waals surface area contributed by atoms with Gasteiger partial charge in [0.05, 0.1) is 16.6 Å². The number of aryl methyl sites for hydroxylation is 2. The highest BCUT2D eigenvalue weighted by molar-refractivity contribution is 14.1. The van der Waals surface area contributed by atoms with E-state index >= 15 is 0 Å². The molecule has 0 saturated heterocycles. The SMILES string of the molecule is Cc1cc(-n2c(C)nc3ccccc3c2=O)ccc1NC(=O)c1ccc(I)cc1. The Morgan fingerprint density at radius 2 is 1.72 bits per heavy atom. The summed E-state index contributed by atoms with van der Waals surface area (Å²) in [6, 6.07) is 20.2. The lowest BCUT2D eigenvalue weighted by Crippen LogP contribution is -2.22. The second-order valence-corrected chi connectivity index (χ2v) is 8.02. The molecule has 4 rings (SSSR count). The number of hydrogen-bond acceptors (Lipinski definition) is 3. The summed E-state index contributed by atoms with van der Waals surface area (Å²) in [7, 11) is 0. The van der Waals surface area contributed by atoms with Crippen LogP contribution in [0, 0.1) is 17.4 Å². The van der Waals surface area contributed by atoms with Gasteiger partial charge >= 0.3 is 0 Å². The molecule has 0 unspecified atom stereocenters. The lowest BCUT2D eigenvalue weighted by molar-refractivity contribution is 0.102. The van der Waals surface area contributed by atoms with Gasteiger partial charge in [-0.25, -0.2) is 4.98 Å². The van der Waals surface area contributed by atoms with Gasteiger partial charge in [-0.3, -0.25) is 14.2 Å². The number of halogens is 1. The largest absolute Gasteiger partial charge is 0.322 e. The van der Waals surface area contributed by atoms with Crippen LogP contribution in [0.4, 0.5) is 5.69 Å². The molecular formula is C23H18IN3O2. The second-order valence-electron chi connectivity index (χ2n) is 6.78. The first-order valence-corrected chi connectivity index (χ1v) is 10.2. The van der Waals surface area contributed by atoms with E-state index < -0.39 is 0 Å². The maximum Gasteiger partial charge on any atom is 0.265 e. The molecule has 1 heterocycles. The normalized spacial score (nSPS) is 10.9. The lowest BCUT2D eigenvalue weighted by atomic mass is 10.1. The molecule has 29 heavy (non-hydrogen) atoms. The standard InChI is InChI=1S/C23H18IN3O2/c1-14-13-18(27-15(2)25-21-6-4-3-5-19(21)23(27)29)11-12-20(14)26-22(28)16-7-9-17(24)10-8-16/h3-13H,1-2H3,(H,26,28). The molecule has 0 radical (unpaired) electrons. The van der Waals surface area contributed by atoms with Crippen molar-refractivity contribution in [2.24, 2.45) is 0 Å². The van der Waals surface area contributed by atoms with E-state index in [-0.39, 0.29) is 11.5 Å². The maximum atomic E-state index is 13.0. The topological polar surface area (TPSA) is 64.0 Å². The van der Waals surface area contributed by atoms with Crippen molar-refractivity contribution in [3.05, 3.63) is 97.6 Å². The van der Waals surface area contributed by atoms with Gasteiger partial charge in [-0.05, 0) is 96.6 Å². The Hall–Kier alpha value is -3.00. The Bertz CT molecular complexity index is 1290. The molecule has 144 valence electrons. The highest BCUT2D eigenvalue weighted by atomic mass is 127. The number of anilines is 1. The highest BCUT2D eigenvalue weighted by Crippen LogP contribution is 2.21. The molecule has 0 aliphatic carbocycles. The minimum absolute atomic E-state index is 0.108. The summed E-state index contributed by atoms with van der Waals surface area (Å²) in [5, 5.41) is 3.51. The lowest BCUT2D eigenvalue weighted by Gasteiger charge is -2.14. The van der Waals surface area contributed by atoms with Gasteiger partial charge in [0.25, 0.3) is 11.5 Å². The van der Waals surface area contributed by atoms with Crippen LogP contribution in [0.25, 0.3) is 16.6 Å². The molecule has 3 aromatic carbocycles. The molecule has 5 nitrogen and oxygen atoms in total. The van der Waals surface area contributed by atoms with E-state index in [0.717, 1.165) is 14.8 Å². The van der Waals surface area contributed by atoms with Crippen molar-refractivity contribution in [1.29, 1.82) is 0 Å². The van der Waals surface area contributed by atoms with Crippen molar-refractivity contribution in [2.75, 3.05) is 5.32 Å². The molecule has 0 fully saturated rings. The summed E-state index contributed by atoms with van der Waals surface area (Å²) in [5.41, 5.74) is 3.46. The van der Waals surface area contributed by atoms with Crippen LogP contribution in [0.15, 0.2) is 71.5 Å². The van der Waals surface area contributed by atoms with Crippen LogP contribution in [-0.4, -0.2) is 15.5 Å². The number of hydrogen-bond donors (Lipinski definition) is 1. The number of carbonyl (C=O) groups is 1. The fraction of sp³-hybridized carbons (Fsp3) is 0.0870. The average molecular weight is 495 g/mol.